The van der Waals surface area contributed by atoms with Crippen LogP contribution in [0.1, 0.15) is 39.7 Å². The van der Waals surface area contributed by atoms with Crippen LogP contribution in [0.4, 0.5) is 5.69 Å². The van der Waals surface area contributed by atoms with E-state index in [0.29, 0.717) is 22.8 Å². The number of hydrogen-bond donors (Lipinski definition) is 0. The van der Waals surface area contributed by atoms with Gasteiger partial charge in [-0.25, -0.2) is 9.89 Å². The van der Waals surface area contributed by atoms with Crippen LogP contribution < -0.4 is 0 Å². The van der Waals surface area contributed by atoms with Crippen molar-refractivity contribution in [2.75, 3.05) is 18.8 Å². The zero-order valence-corrected chi connectivity index (χ0v) is 18.3. The summed E-state index contributed by atoms with van der Waals surface area (Å²) in [6, 6.07) is 7.34. The third-order valence-corrected chi connectivity index (χ3v) is 6.60. The molecule has 0 radical (unpaired) electrons. The first-order chi connectivity index (χ1) is 13.8. The summed E-state index contributed by atoms with van der Waals surface area (Å²) in [5, 5.41) is 0.557. The minimum absolute atomic E-state index is 0.0524. The van der Waals surface area contributed by atoms with Gasteiger partial charge in [0.15, 0.2) is 5.17 Å². The van der Waals surface area contributed by atoms with Gasteiger partial charge in [0.05, 0.1) is 11.4 Å². The lowest BCUT2D eigenvalue weighted by molar-refractivity contribution is -0.131. The second-order valence-electron chi connectivity index (χ2n) is 8.76. The van der Waals surface area contributed by atoms with Crippen LogP contribution in [-0.2, 0) is 9.59 Å². The number of para-hydroxylation sites is 1. The van der Waals surface area contributed by atoms with Crippen LogP contribution in [0.3, 0.4) is 0 Å². The minimum atomic E-state index is -0.401. The first kappa shape index (κ1) is 20.1. The van der Waals surface area contributed by atoms with Crippen molar-refractivity contribution in [1.29, 1.82) is 0 Å². The molecular formula is C22H28N4O2S. The van der Waals surface area contributed by atoms with Gasteiger partial charge in [-0.05, 0) is 36.3 Å². The summed E-state index contributed by atoms with van der Waals surface area (Å²) in [5.74, 6) is 2.16. The van der Waals surface area contributed by atoms with Gasteiger partial charge in [0.25, 0.3) is 5.91 Å². The van der Waals surface area contributed by atoms with Crippen LogP contribution in [0.2, 0.25) is 0 Å². The van der Waals surface area contributed by atoms with E-state index in [9.17, 15) is 9.59 Å². The van der Waals surface area contributed by atoms with Crippen molar-refractivity contribution in [3.63, 3.8) is 0 Å². The molecule has 4 rings (SSSR count). The lowest BCUT2D eigenvalue weighted by Gasteiger charge is -2.35. The van der Waals surface area contributed by atoms with Gasteiger partial charge in [-0.1, -0.05) is 51.6 Å². The molecule has 1 saturated heterocycles. The zero-order chi connectivity index (χ0) is 20.7. The van der Waals surface area contributed by atoms with Gasteiger partial charge in [-0.3, -0.25) is 14.6 Å². The second kappa shape index (κ2) is 7.94. The molecular weight excluding hydrogens is 384 g/mol. The molecule has 0 saturated carbocycles. The van der Waals surface area contributed by atoms with E-state index in [1.807, 2.05) is 43.0 Å². The summed E-state index contributed by atoms with van der Waals surface area (Å²) in [4.78, 5) is 38.9. The van der Waals surface area contributed by atoms with Crippen LogP contribution >= 0.6 is 11.8 Å². The van der Waals surface area contributed by atoms with E-state index in [1.165, 1.54) is 18.2 Å². The highest BCUT2D eigenvalue weighted by atomic mass is 32.2. The fourth-order valence-corrected chi connectivity index (χ4v) is 5.29. The number of amides is 2. The number of thioether (sulfide) groups is 1. The Bertz CT molecular complexity index is 885. The van der Waals surface area contributed by atoms with Crippen LogP contribution in [0.5, 0.6) is 0 Å². The van der Waals surface area contributed by atoms with Crippen molar-refractivity contribution in [3.8, 4) is 0 Å². The Morgan fingerprint density at radius 3 is 2.59 bits per heavy atom. The van der Waals surface area contributed by atoms with Gasteiger partial charge in [0, 0.05) is 18.7 Å². The molecule has 0 aliphatic carbocycles. The third kappa shape index (κ3) is 3.84. The lowest BCUT2D eigenvalue weighted by Crippen LogP contribution is -2.45. The first-order valence-electron chi connectivity index (χ1n) is 10.4. The monoisotopic (exact) mass is 412 g/mol. The maximum absolute atomic E-state index is 13.1. The molecule has 0 spiro atoms. The van der Waals surface area contributed by atoms with Gasteiger partial charge >= 0.3 is 0 Å². The Hall–Kier alpha value is -2.15. The van der Waals surface area contributed by atoms with Crippen LogP contribution in [0.15, 0.2) is 34.3 Å². The number of aliphatic imine (C=N–C) groups is 2. The standard InChI is InChI=1S/C22H28N4O2S/c1-13(2)19-21(28)26-20(24-19)16-7-5-6-8-17(16)23-22(26)29-12-18(27)25-10-14(3)9-15(4)11-25/h5-8,13-15,19H,9-12H2,1-4H3/t14-,15-,19-/m1/s1. The van der Waals surface area contributed by atoms with E-state index in [2.05, 4.69) is 13.8 Å². The highest BCUT2D eigenvalue weighted by Gasteiger charge is 2.42. The summed E-state index contributed by atoms with van der Waals surface area (Å²) in [6.07, 6.45) is 1.17. The van der Waals surface area contributed by atoms with Gasteiger partial charge in [-0.2, -0.15) is 0 Å². The number of likely N-dealkylation sites (tertiary alicyclic amines) is 1. The molecule has 3 aliphatic heterocycles. The predicted molar refractivity (Wildman–Crippen MR) is 118 cm³/mol. The maximum atomic E-state index is 13.1. The number of carbonyl (C=O) groups excluding carboxylic acids is 2. The number of nitrogens with zero attached hydrogens (tertiary/aromatic N) is 4. The zero-order valence-electron chi connectivity index (χ0n) is 17.5. The average Bonchev–Trinajstić information content (AvgIpc) is 3.03. The van der Waals surface area contributed by atoms with Crippen molar-refractivity contribution in [1.82, 2.24) is 9.80 Å². The molecule has 6 nitrogen and oxygen atoms in total. The van der Waals surface area contributed by atoms with Crippen LogP contribution in [-0.4, -0.2) is 57.5 Å². The van der Waals surface area contributed by atoms with Crippen LogP contribution in [0, 0.1) is 17.8 Å². The molecule has 3 heterocycles. The third-order valence-electron chi connectivity index (χ3n) is 5.68. The molecule has 0 N–H and O–H groups in total. The average molecular weight is 413 g/mol. The van der Waals surface area contributed by atoms with Crippen molar-refractivity contribution in [3.05, 3.63) is 29.8 Å². The summed E-state index contributed by atoms with van der Waals surface area (Å²) in [7, 11) is 0. The molecule has 1 aromatic carbocycles. The number of carbonyl (C=O) groups is 2. The Morgan fingerprint density at radius 1 is 1.21 bits per heavy atom. The Labute approximate surface area is 176 Å². The van der Waals surface area contributed by atoms with E-state index < -0.39 is 6.04 Å². The molecule has 1 aromatic rings. The lowest BCUT2D eigenvalue weighted by atomic mass is 9.92. The number of piperidine rings is 1. The molecule has 3 atom stereocenters. The van der Waals surface area contributed by atoms with Crippen molar-refractivity contribution in [2.24, 2.45) is 27.7 Å². The van der Waals surface area contributed by atoms with Crippen molar-refractivity contribution >= 4 is 40.3 Å². The molecule has 3 aliphatic rings. The van der Waals surface area contributed by atoms with Gasteiger partial charge in [0.1, 0.15) is 11.9 Å². The molecule has 0 bridgehead atoms. The Morgan fingerprint density at radius 2 is 1.90 bits per heavy atom. The number of amidine groups is 2. The summed E-state index contributed by atoms with van der Waals surface area (Å²) in [6.45, 7) is 10.0. The topological polar surface area (TPSA) is 65.3 Å². The van der Waals surface area contributed by atoms with E-state index >= 15 is 0 Å². The van der Waals surface area contributed by atoms with Gasteiger partial charge in [0.2, 0.25) is 5.91 Å². The quantitative estimate of drug-likeness (QED) is 0.763. The number of rotatable bonds is 3. The van der Waals surface area contributed by atoms with E-state index in [1.54, 1.807) is 4.90 Å². The van der Waals surface area contributed by atoms with Gasteiger partial charge in [-0.15, -0.1) is 0 Å². The Kier molecular flexibility index (Phi) is 5.51. The van der Waals surface area contributed by atoms with Crippen molar-refractivity contribution < 1.29 is 9.59 Å². The smallest absolute Gasteiger partial charge is 0.259 e. The Balaban J connectivity index is 1.56. The normalized spacial score (nSPS) is 26.2. The molecule has 0 aromatic heterocycles. The molecule has 2 amide bonds. The predicted octanol–water partition coefficient (Wildman–Crippen LogP) is 3.54. The second-order valence-corrected chi connectivity index (χ2v) is 9.70. The van der Waals surface area contributed by atoms with E-state index in [-0.39, 0.29) is 23.5 Å². The fourth-order valence-electron chi connectivity index (χ4n) is 4.38. The SMILES string of the molecule is CC(C)[C@H]1N=C2c3ccccc3N=C(SCC(=O)N3C[C@H](C)C[C@@H](C)C3)N2C1=O. The molecule has 29 heavy (non-hydrogen) atoms. The number of benzene rings is 1. The minimum Gasteiger partial charge on any atom is -0.341 e. The molecule has 7 heteroatoms. The van der Waals surface area contributed by atoms with E-state index in [4.69, 9.17) is 9.98 Å². The molecule has 154 valence electrons. The fraction of sp³-hybridized carbons (Fsp3) is 0.545. The highest BCUT2D eigenvalue weighted by molar-refractivity contribution is 8.14. The van der Waals surface area contributed by atoms with E-state index in [0.717, 1.165) is 24.3 Å². The molecule has 1 fully saturated rings. The summed E-state index contributed by atoms with van der Waals surface area (Å²) >= 11 is 1.34. The first-order valence-corrected chi connectivity index (χ1v) is 11.3. The van der Waals surface area contributed by atoms with Crippen LogP contribution in [0.25, 0.3) is 0 Å². The number of fused-ring (bicyclic) bond motifs is 3. The summed E-state index contributed by atoms with van der Waals surface area (Å²) < 4.78 is 0. The van der Waals surface area contributed by atoms with Gasteiger partial charge < -0.3 is 4.90 Å². The summed E-state index contributed by atoms with van der Waals surface area (Å²) in [5.41, 5.74) is 1.67. The maximum Gasteiger partial charge on any atom is 0.259 e. The largest absolute Gasteiger partial charge is 0.341 e. The highest BCUT2D eigenvalue weighted by Crippen LogP contribution is 2.35. The molecule has 0 unspecified atom stereocenters. The number of hydrogen-bond acceptors (Lipinski definition) is 5. The van der Waals surface area contributed by atoms with Crippen molar-refractivity contribution in [2.45, 2.75) is 40.2 Å².